The van der Waals surface area contributed by atoms with E-state index in [0.29, 0.717) is 0 Å². The van der Waals surface area contributed by atoms with Crippen LogP contribution in [0, 0.1) is 11.6 Å². The lowest BCUT2D eigenvalue weighted by Crippen LogP contribution is -2.21. The Morgan fingerprint density at radius 1 is 1.00 bits per heavy atom. The molecule has 1 fully saturated rings. The highest BCUT2D eigenvalue weighted by molar-refractivity contribution is 5.22. The summed E-state index contributed by atoms with van der Waals surface area (Å²) in [7, 11) is 0. The molecule has 0 saturated carbocycles. The Hall–Kier alpha value is -0.960. The molecule has 1 aliphatic rings. The van der Waals surface area contributed by atoms with E-state index in [9.17, 15) is 8.78 Å². The van der Waals surface area contributed by atoms with Crippen molar-refractivity contribution in [3.05, 3.63) is 35.4 Å². The molecule has 1 aliphatic heterocycles. The highest BCUT2D eigenvalue weighted by Crippen LogP contribution is 2.26. The summed E-state index contributed by atoms with van der Waals surface area (Å²) in [6, 6.07) is 3.77. The molecular formula is C11H12F2N. The summed E-state index contributed by atoms with van der Waals surface area (Å²) in [5.74, 6) is -0.692. The van der Waals surface area contributed by atoms with Crippen LogP contribution in [0.5, 0.6) is 0 Å². The summed E-state index contributed by atoms with van der Waals surface area (Å²) < 4.78 is 25.8. The van der Waals surface area contributed by atoms with Gasteiger partial charge < -0.3 is 0 Å². The second-order valence-electron chi connectivity index (χ2n) is 3.65. The van der Waals surface area contributed by atoms with E-state index in [4.69, 9.17) is 0 Å². The highest BCUT2D eigenvalue weighted by Gasteiger charge is 2.16. The lowest BCUT2D eigenvalue weighted by atomic mass is 9.90. The van der Waals surface area contributed by atoms with Crippen molar-refractivity contribution in [3.8, 4) is 0 Å². The lowest BCUT2D eigenvalue weighted by Gasteiger charge is -2.21. The third kappa shape index (κ3) is 2.10. The van der Waals surface area contributed by atoms with Gasteiger partial charge in [0.15, 0.2) is 0 Å². The Morgan fingerprint density at radius 3 is 2.14 bits per heavy atom. The number of hydrogen-bond donors (Lipinski definition) is 0. The van der Waals surface area contributed by atoms with E-state index in [-0.39, 0.29) is 5.92 Å². The smallest absolute Gasteiger partial charge is 0.126 e. The Kier molecular flexibility index (Phi) is 2.77. The van der Waals surface area contributed by atoms with E-state index >= 15 is 0 Å². The SMILES string of the molecule is Fc1cc(F)cc(C2CC[N]CC2)c1. The van der Waals surface area contributed by atoms with Crippen LogP contribution in [0.2, 0.25) is 0 Å². The van der Waals surface area contributed by atoms with E-state index in [2.05, 4.69) is 5.32 Å². The van der Waals surface area contributed by atoms with Crippen molar-refractivity contribution in [2.75, 3.05) is 13.1 Å². The summed E-state index contributed by atoms with van der Waals surface area (Å²) in [5.41, 5.74) is 0.775. The summed E-state index contributed by atoms with van der Waals surface area (Å²) in [5, 5.41) is 4.21. The maximum atomic E-state index is 12.9. The van der Waals surface area contributed by atoms with Gasteiger partial charge in [-0.3, -0.25) is 0 Å². The van der Waals surface area contributed by atoms with Crippen LogP contribution in [0.1, 0.15) is 24.3 Å². The molecule has 75 valence electrons. The Labute approximate surface area is 82.1 Å². The van der Waals surface area contributed by atoms with Crippen molar-refractivity contribution >= 4 is 0 Å². The average Bonchev–Trinajstić information content (AvgIpc) is 2.18. The molecule has 1 nitrogen and oxygen atoms in total. The van der Waals surface area contributed by atoms with E-state index in [1.807, 2.05) is 0 Å². The zero-order valence-corrected chi connectivity index (χ0v) is 7.84. The van der Waals surface area contributed by atoms with E-state index in [1.54, 1.807) is 0 Å². The van der Waals surface area contributed by atoms with Gasteiger partial charge in [0.05, 0.1) is 0 Å². The van der Waals surface area contributed by atoms with Gasteiger partial charge in [0.2, 0.25) is 0 Å². The molecule has 2 rings (SSSR count). The van der Waals surface area contributed by atoms with E-state index in [1.165, 1.54) is 12.1 Å². The van der Waals surface area contributed by atoms with Gasteiger partial charge in [0.25, 0.3) is 0 Å². The van der Waals surface area contributed by atoms with Crippen LogP contribution in [0.4, 0.5) is 8.78 Å². The van der Waals surface area contributed by atoms with Gasteiger partial charge in [-0.2, -0.15) is 0 Å². The third-order valence-corrected chi connectivity index (χ3v) is 2.63. The molecule has 1 aromatic rings. The molecule has 1 saturated heterocycles. The van der Waals surface area contributed by atoms with Crippen molar-refractivity contribution in [2.45, 2.75) is 18.8 Å². The molecule has 0 unspecified atom stereocenters. The Balaban J connectivity index is 2.21. The number of benzene rings is 1. The van der Waals surface area contributed by atoms with E-state index in [0.717, 1.165) is 37.6 Å². The monoisotopic (exact) mass is 196 g/mol. The van der Waals surface area contributed by atoms with Gasteiger partial charge in [0, 0.05) is 19.2 Å². The first-order chi connectivity index (χ1) is 6.75. The number of piperidine rings is 1. The van der Waals surface area contributed by atoms with Crippen molar-refractivity contribution in [1.29, 1.82) is 0 Å². The maximum absolute atomic E-state index is 12.9. The number of halogens is 2. The molecular weight excluding hydrogens is 184 g/mol. The maximum Gasteiger partial charge on any atom is 0.126 e. The van der Waals surface area contributed by atoms with Crippen LogP contribution in [0.3, 0.4) is 0 Å². The van der Waals surface area contributed by atoms with Gasteiger partial charge in [-0.1, -0.05) is 0 Å². The third-order valence-electron chi connectivity index (χ3n) is 2.63. The molecule has 1 heterocycles. The number of nitrogens with zero attached hydrogens (tertiary/aromatic N) is 1. The second kappa shape index (κ2) is 4.05. The standard InChI is InChI=1S/C11H12F2N/c12-10-5-9(6-11(13)7-10)8-1-3-14-4-2-8/h5-8H,1-4H2. The van der Waals surface area contributed by atoms with Gasteiger partial charge >= 0.3 is 0 Å². The second-order valence-corrected chi connectivity index (χ2v) is 3.65. The minimum absolute atomic E-state index is 0.276. The van der Waals surface area contributed by atoms with Crippen LogP contribution in [0.15, 0.2) is 18.2 Å². The minimum atomic E-state index is -0.484. The van der Waals surface area contributed by atoms with Gasteiger partial charge in [-0.25, -0.2) is 14.1 Å². The molecule has 1 radical (unpaired) electrons. The first-order valence-electron chi connectivity index (χ1n) is 4.85. The molecule has 0 N–H and O–H groups in total. The molecule has 0 aliphatic carbocycles. The van der Waals surface area contributed by atoms with Crippen LogP contribution >= 0.6 is 0 Å². The lowest BCUT2D eigenvalue weighted by molar-refractivity contribution is 0.449. The fourth-order valence-corrected chi connectivity index (χ4v) is 1.89. The topological polar surface area (TPSA) is 14.1 Å². The predicted octanol–water partition coefficient (Wildman–Crippen LogP) is 2.45. The van der Waals surface area contributed by atoms with Crippen LogP contribution in [-0.4, -0.2) is 13.1 Å². The van der Waals surface area contributed by atoms with Crippen LogP contribution in [-0.2, 0) is 0 Å². The van der Waals surface area contributed by atoms with E-state index < -0.39 is 11.6 Å². The fraction of sp³-hybridized carbons (Fsp3) is 0.455. The molecule has 14 heavy (non-hydrogen) atoms. The molecule has 0 spiro atoms. The average molecular weight is 196 g/mol. The van der Waals surface area contributed by atoms with Crippen LogP contribution in [0.25, 0.3) is 0 Å². The zero-order valence-electron chi connectivity index (χ0n) is 7.84. The van der Waals surface area contributed by atoms with Crippen molar-refractivity contribution in [2.24, 2.45) is 0 Å². The summed E-state index contributed by atoms with van der Waals surface area (Å²) in [6.45, 7) is 1.62. The van der Waals surface area contributed by atoms with Gasteiger partial charge in [-0.05, 0) is 36.5 Å². The molecule has 0 aromatic heterocycles. The first-order valence-corrected chi connectivity index (χ1v) is 4.85. The fourth-order valence-electron chi connectivity index (χ4n) is 1.89. The normalized spacial score (nSPS) is 18.4. The first kappa shape index (κ1) is 9.59. The molecule has 1 aromatic carbocycles. The predicted molar refractivity (Wildman–Crippen MR) is 50.2 cm³/mol. The van der Waals surface area contributed by atoms with Crippen molar-refractivity contribution in [3.63, 3.8) is 0 Å². The Morgan fingerprint density at radius 2 is 1.57 bits per heavy atom. The molecule has 0 amide bonds. The zero-order chi connectivity index (χ0) is 9.97. The molecule has 0 atom stereocenters. The number of hydrogen-bond acceptors (Lipinski definition) is 0. The summed E-state index contributed by atoms with van der Waals surface area (Å²) >= 11 is 0. The van der Waals surface area contributed by atoms with Gasteiger partial charge in [-0.15, -0.1) is 0 Å². The summed E-state index contributed by atoms with van der Waals surface area (Å²) in [4.78, 5) is 0. The molecule has 3 heteroatoms. The minimum Gasteiger partial charge on any atom is -0.242 e. The largest absolute Gasteiger partial charge is 0.242 e. The van der Waals surface area contributed by atoms with Crippen molar-refractivity contribution < 1.29 is 8.78 Å². The van der Waals surface area contributed by atoms with Crippen molar-refractivity contribution in [1.82, 2.24) is 5.32 Å². The molecule has 0 bridgehead atoms. The Bertz CT molecular complexity index is 299. The van der Waals surface area contributed by atoms with Crippen LogP contribution < -0.4 is 5.32 Å². The quantitative estimate of drug-likeness (QED) is 0.655. The highest BCUT2D eigenvalue weighted by atomic mass is 19.1. The number of rotatable bonds is 1. The van der Waals surface area contributed by atoms with Gasteiger partial charge in [0.1, 0.15) is 11.6 Å². The summed E-state index contributed by atoms with van der Waals surface area (Å²) in [6.07, 6.45) is 1.81.